The van der Waals surface area contributed by atoms with Gasteiger partial charge in [-0.3, -0.25) is 9.48 Å². The zero-order valence-corrected chi connectivity index (χ0v) is 15.0. The molecule has 138 valence electrons. The lowest BCUT2D eigenvalue weighted by atomic mass is 9.66. The number of rotatable bonds is 4. The first-order valence-corrected chi connectivity index (χ1v) is 9.58. The highest BCUT2D eigenvalue weighted by Crippen LogP contribution is 2.47. The Labute approximate surface area is 153 Å². The van der Waals surface area contributed by atoms with Crippen LogP contribution in [0.15, 0.2) is 43.0 Å². The molecular weight excluding hydrogens is 328 g/mol. The van der Waals surface area contributed by atoms with Crippen molar-refractivity contribution < 1.29 is 9.90 Å². The fraction of sp³-hybridized carbons (Fsp3) is 0.550. The Bertz CT molecular complexity index is 734. The number of fused-ring (bicyclic) bond motifs is 1. The Kier molecular flexibility index (Phi) is 4.76. The van der Waals surface area contributed by atoms with Gasteiger partial charge >= 0.3 is 0 Å². The van der Waals surface area contributed by atoms with Gasteiger partial charge in [0.2, 0.25) is 5.91 Å². The molecule has 2 aromatic rings. The first-order chi connectivity index (χ1) is 12.7. The predicted octanol–water partition coefficient (Wildman–Crippen LogP) is 2.35. The summed E-state index contributed by atoms with van der Waals surface area (Å²) in [4.78, 5) is 18.8. The fourth-order valence-corrected chi connectivity index (χ4v) is 4.78. The summed E-state index contributed by atoms with van der Waals surface area (Å²) in [6.45, 7) is 1.17. The molecule has 1 aromatic carbocycles. The number of hydrogen-bond acceptors (Lipinski definition) is 4. The number of likely N-dealkylation sites (tertiary alicyclic amines) is 1. The molecule has 2 heterocycles. The van der Waals surface area contributed by atoms with Gasteiger partial charge in [-0.25, -0.2) is 4.98 Å². The number of amides is 1. The molecule has 0 unspecified atom stereocenters. The molecule has 26 heavy (non-hydrogen) atoms. The highest BCUT2D eigenvalue weighted by Gasteiger charge is 2.50. The van der Waals surface area contributed by atoms with Crippen LogP contribution in [0.4, 0.5) is 0 Å². The van der Waals surface area contributed by atoms with E-state index in [0.29, 0.717) is 25.9 Å². The van der Waals surface area contributed by atoms with Crippen LogP contribution >= 0.6 is 0 Å². The monoisotopic (exact) mass is 354 g/mol. The topological polar surface area (TPSA) is 71.2 Å². The van der Waals surface area contributed by atoms with Crippen LogP contribution in [-0.4, -0.2) is 43.3 Å². The molecule has 6 nitrogen and oxygen atoms in total. The molecule has 1 amide bonds. The largest absolute Gasteiger partial charge is 0.385 e. The molecule has 0 radical (unpaired) electrons. The first kappa shape index (κ1) is 17.2. The summed E-state index contributed by atoms with van der Waals surface area (Å²) in [6, 6.07) is 10.1. The molecule has 4 rings (SSSR count). The molecule has 1 aliphatic heterocycles. The van der Waals surface area contributed by atoms with Gasteiger partial charge in [0.05, 0.1) is 12.1 Å². The summed E-state index contributed by atoms with van der Waals surface area (Å²) >= 11 is 0. The van der Waals surface area contributed by atoms with E-state index in [1.165, 1.54) is 6.33 Å². The zero-order valence-electron chi connectivity index (χ0n) is 15.0. The maximum Gasteiger partial charge on any atom is 0.224 e. The lowest BCUT2D eigenvalue weighted by Gasteiger charge is -2.52. The van der Waals surface area contributed by atoms with Crippen molar-refractivity contribution in [3.63, 3.8) is 0 Å². The van der Waals surface area contributed by atoms with E-state index in [0.717, 1.165) is 31.2 Å². The number of carbonyl (C=O) groups is 1. The van der Waals surface area contributed by atoms with Crippen molar-refractivity contribution in [3.8, 4) is 0 Å². The van der Waals surface area contributed by atoms with Crippen molar-refractivity contribution in [1.29, 1.82) is 0 Å². The molecule has 1 N–H and O–H groups in total. The van der Waals surface area contributed by atoms with E-state index in [9.17, 15) is 9.90 Å². The number of nitrogens with zero attached hydrogens (tertiary/aromatic N) is 4. The average molecular weight is 354 g/mol. The number of benzene rings is 1. The van der Waals surface area contributed by atoms with Crippen molar-refractivity contribution in [1.82, 2.24) is 19.7 Å². The summed E-state index contributed by atoms with van der Waals surface area (Å²) in [7, 11) is 0. The van der Waals surface area contributed by atoms with E-state index in [-0.39, 0.29) is 17.9 Å². The lowest BCUT2D eigenvalue weighted by Crippen LogP contribution is -2.59. The Morgan fingerprint density at radius 3 is 2.81 bits per heavy atom. The average Bonchev–Trinajstić information content (AvgIpc) is 3.21. The smallest absolute Gasteiger partial charge is 0.224 e. The second-order valence-electron chi connectivity index (χ2n) is 7.49. The quantitative estimate of drug-likeness (QED) is 0.915. The summed E-state index contributed by atoms with van der Waals surface area (Å²) in [5, 5.41) is 15.6. The molecule has 1 aromatic heterocycles. The zero-order chi connectivity index (χ0) is 18.0. The third kappa shape index (κ3) is 3.14. The molecule has 6 heteroatoms. The van der Waals surface area contributed by atoms with Gasteiger partial charge in [0.15, 0.2) is 0 Å². The van der Waals surface area contributed by atoms with Crippen LogP contribution in [0, 0.1) is 5.92 Å². The number of aryl methyl sites for hydroxylation is 1. The van der Waals surface area contributed by atoms with Gasteiger partial charge in [-0.1, -0.05) is 43.2 Å². The lowest BCUT2D eigenvalue weighted by molar-refractivity contribution is -0.155. The van der Waals surface area contributed by atoms with E-state index in [1.807, 2.05) is 35.2 Å². The van der Waals surface area contributed by atoms with Gasteiger partial charge < -0.3 is 10.0 Å². The van der Waals surface area contributed by atoms with Gasteiger partial charge in [0.25, 0.3) is 0 Å². The summed E-state index contributed by atoms with van der Waals surface area (Å²) in [5.74, 6) is 0.273. The van der Waals surface area contributed by atoms with Gasteiger partial charge in [-0.15, -0.1) is 0 Å². The van der Waals surface area contributed by atoms with Crippen LogP contribution in [0.2, 0.25) is 0 Å². The van der Waals surface area contributed by atoms with E-state index in [4.69, 9.17) is 0 Å². The van der Waals surface area contributed by atoms with E-state index < -0.39 is 5.60 Å². The second kappa shape index (κ2) is 7.19. The molecule has 0 bridgehead atoms. The van der Waals surface area contributed by atoms with Crippen LogP contribution in [-0.2, 0) is 16.9 Å². The molecule has 1 saturated heterocycles. The summed E-state index contributed by atoms with van der Waals surface area (Å²) in [5.41, 5.74) is 0.168. The Hall–Kier alpha value is -2.21. The number of piperidine rings is 1. The molecule has 1 saturated carbocycles. The minimum atomic E-state index is -0.824. The van der Waals surface area contributed by atoms with Gasteiger partial charge in [0.1, 0.15) is 12.7 Å². The SMILES string of the molecule is O=C(CCn1cncn1)N1CC[C@@](O)(c2ccccc2)[C@H]2CCCC[C@@H]21. The molecule has 2 fully saturated rings. The minimum Gasteiger partial charge on any atom is -0.385 e. The highest BCUT2D eigenvalue weighted by atomic mass is 16.3. The van der Waals surface area contributed by atoms with Crippen molar-refractivity contribution in [2.75, 3.05) is 6.54 Å². The van der Waals surface area contributed by atoms with E-state index >= 15 is 0 Å². The highest BCUT2D eigenvalue weighted by molar-refractivity contribution is 5.76. The van der Waals surface area contributed by atoms with Gasteiger partial charge in [-0.05, 0) is 24.8 Å². The number of aromatic nitrogens is 3. The third-order valence-electron chi connectivity index (χ3n) is 6.09. The minimum absolute atomic E-state index is 0.114. The van der Waals surface area contributed by atoms with E-state index in [1.54, 1.807) is 11.0 Å². The van der Waals surface area contributed by atoms with Crippen LogP contribution in [0.3, 0.4) is 0 Å². The van der Waals surface area contributed by atoms with Crippen LogP contribution in [0.1, 0.15) is 44.1 Å². The van der Waals surface area contributed by atoms with Crippen molar-refractivity contribution >= 4 is 5.91 Å². The first-order valence-electron chi connectivity index (χ1n) is 9.58. The van der Waals surface area contributed by atoms with Crippen LogP contribution < -0.4 is 0 Å². The van der Waals surface area contributed by atoms with Gasteiger partial charge in [-0.2, -0.15) is 5.10 Å². The van der Waals surface area contributed by atoms with E-state index in [2.05, 4.69) is 10.1 Å². The maximum absolute atomic E-state index is 12.9. The molecular formula is C20H26N4O2. The van der Waals surface area contributed by atoms with Gasteiger partial charge in [0, 0.05) is 24.9 Å². The Balaban J connectivity index is 1.52. The van der Waals surface area contributed by atoms with Crippen molar-refractivity contribution in [3.05, 3.63) is 48.5 Å². The normalized spacial score (nSPS) is 28.6. The second-order valence-corrected chi connectivity index (χ2v) is 7.49. The summed E-state index contributed by atoms with van der Waals surface area (Å²) in [6.07, 6.45) is 8.36. The van der Waals surface area contributed by atoms with Crippen molar-refractivity contribution in [2.24, 2.45) is 5.92 Å². The predicted molar refractivity (Wildman–Crippen MR) is 97.1 cm³/mol. The Morgan fingerprint density at radius 2 is 2.04 bits per heavy atom. The summed E-state index contributed by atoms with van der Waals surface area (Å²) < 4.78 is 1.69. The molecule has 0 spiro atoms. The fourth-order valence-electron chi connectivity index (χ4n) is 4.78. The third-order valence-corrected chi connectivity index (χ3v) is 6.09. The maximum atomic E-state index is 12.9. The number of carbonyl (C=O) groups excluding carboxylic acids is 1. The number of hydrogen-bond donors (Lipinski definition) is 1. The molecule has 3 atom stereocenters. The standard InChI is InChI=1S/C20H26N4O2/c25-19(10-12-23-15-21-14-22-23)24-13-11-20(26,16-6-2-1-3-7-16)17-8-4-5-9-18(17)24/h1-3,6-7,14-15,17-18,26H,4-5,8-13H2/t17-,18-,20+/m0/s1. The number of aliphatic hydroxyl groups is 1. The molecule has 1 aliphatic carbocycles. The molecule has 2 aliphatic rings. The Morgan fingerprint density at radius 1 is 1.23 bits per heavy atom. The van der Waals surface area contributed by atoms with Crippen LogP contribution in [0.5, 0.6) is 0 Å². The van der Waals surface area contributed by atoms with Crippen molar-refractivity contribution in [2.45, 2.75) is 56.7 Å². The van der Waals surface area contributed by atoms with Crippen LogP contribution in [0.25, 0.3) is 0 Å².